The Morgan fingerprint density at radius 1 is 0.235 bits per heavy atom. The van der Waals surface area contributed by atoms with Crippen LogP contribution < -0.4 is 9.80 Å². The van der Waals surface area contributed by atoms with E-state index in [0.717, 1.165) is 44.3 Å². The van der Waals surface area contributed by atoms with E-state index in [-0.39, 0.29) is 11.1 Å². The molecule has 0 aliphatic rings. The molecule has 0 saturated heterocycles. The summed E-state index contributed by atoms with van der Waals surface area (Å²) in [6.07, 6.45) is 0. The predicted molar refractivity (Wildman–Crippen MR) is 284 cm³/mol. The van der Waals surface area contributed by atoms with Gasteiger partial charge in [0, 0.05) is 44.6 Å². The summed E-state index contributed by atoms with van der Waals surface area (Å²) in [5.41, 5.74) is 5.25. The Kier molecular flexibility index (Phi) is 8.38. The molecule has 0 radical (unpaired) electrons. The summed E-state index contributed by atoms with van der Waals surface area (Å²) >= 11 is 0. The first kappa shape index (κ1) is 38.4. The third kappa shape index (κ3) is 5.61. The van der Waals surface area contributed by atoms with Gasteiger partial charge in [0.1, 0.15) is 11.6 Å². The molecule has 318 valence electrons. The maximum absolute atomic E-state index is 17.0. The van der Waals surface area contributed by atoms with Crippen molar-refractivity contribution >= 4 is 120 Å². The highest BCUT2D eigenvalue weighted by Crippen LogP contribution is 2.49. The second kappa shape index (κ2) is 14.8. The lowest BCUT2D eigenvalue weighted by Gasteiger charge is -2.28. The molecular weight excluding hydrogens is 835 g/mol. The van der Waals surface area contributed by atoms with Crippen molar-refractivity contribution < 1.29 is 8.78 Å². The van der Waals surface area contributed by atoms with Crippen LogP contribution in [0.3, 0.4) is 0 Å². The maximum Gasteiger partial charge on any atom is 0.133 e. The Hall–Kier alpha value is -8.86. The van der Waals surface area contributed by atoms with E-state index in [4.69, 9.17) is 0 Å². The molecule has 0 heterocycles. The zero-order valence-corrected chi connectivity index (χ0v) is 36.6. The number of anilines is 6. The van der Waals surface area contributed by atoms with E-state index in [2.05, 4.69) is 143 Å². The highest BCUT2D eigenvalue weighted by Gasteiger charge is 2.24. The second-order valence-electron chi connectivity index (χ2n) is 17.8. The first-order valence-corrected chi connectivity index (χ1v) is 23.1. The highest BCUT2D eigenvalue weighted by molar-refractivity contribution is 6.35. The largest absolute Gasteiger partial charge is 0.310 e. The van der Waals surface area contributed by atoms with Gasteiger partial charge < -0.3 is 9.80 Å². The van der Waals surface area contributed by atoms with Gasteiger partial charge in [-0.05, 0) is 148 Å². The van der Waals surface area contributed by atoms with Gasteiger partial charge in [-0.25, -0.2) is 8.78 Å². The van der Waals surface area contributed by atoms with Gasteiger partial charge >= 0.3 is 0 Å². The fourth-order valence-corrected chi connectivity index (χ4v) is 11.4. The smallest absolute Gasteiger partial charge is 0.133 e. The summed E-state index contributed by atoms with van der Waals surface area (Å²) in [5, 5.41) is 18.9. The van der Waals surface area contributed by atoms with Gasteiger partial charge in [-0.2, -0.15) is 0 Å². The van der Waals surface area contributed by atoms with E-state index < -0.39 is 11.6 Å². The number of nitrogens with zero attached hydrogens (tertiary/aromatic N) is 2. The predicted octanol–water partition coefficient (Wildman–Crippen LogP) is 18.7. The summed E-state index contributed by atoms with van der Waals surface area (Å²) in [6.45, 7) is 0. The number of hydrogen-bond donors (Lipinski definition) is 0. The lowest BCUT2D eigenvalue weighted by atomic mass is 9.89. The highest BCUT2D eigenvalue weighted by atomic mass is 19.1. The molecule has 0 atom stereocenters. The quantitative estimate of drug-likeness (QED) is 0.116. The van der Waals surface area contributed by atoms with Crippen LogP contribution in [0.15, 0.2) is 231 Å². The van der Waals surface area contributed by atoms with Gasteiger partial charge in [0.25, 0.3) is 0 Å². The molecule has 0 amide bonds. The number of halogens is 2. The molecule has 2 nitrogen and oxygen atoms in total. The van der Waals surface area contributed by atoms with Crippen molar-refractivity contribution in [1.29, 1.82) is 0 Å². The van der Waals surface area contributed by atoms with Gasteiger partial charge in [-0.1, -0.05) is 158 Å². The van der Waals surface area contributed by atoms with Crippen molar-refractivity contribution in [3.05, 3.63) is 242 Å². The molecule has 68 heavy (non-hydrogen) atoms. The molecule has 0 N–H and O–H groups in total. The number of fused-ring (bicyclic) bond motifs is 4. The van der Waals surface area contributed by atoms with Crippen molar-refractivity contribution in [3.8, 4) is 11.1 Å². The minimum atomic E-state index is -0.516. The number of rotatable bonds is 7. The molecule has 14 rings (SSSR count). The summed E-state index contributed by atoms with van der Waals surface area (Å²) in [4.78, 5) is 4.21. The Labute approximate surface area is 390 Å². The van der Waals surface area contributed by atoms with E-state index >= 15 is 8.78 Å². The lowest BCUT2D eigenvalue weighted by Crippen LogP contribution is -2.11. The van der Waals surface area contributed by atoms with Gasteiger partial charge in [0.15, 0.2) is 0 Å². The second-order valence-corrected chi connectivity index (χ2v) is 17.8. The first-order chi connectivity index (χ1) is 33.6. The van der Waals surface area contributed by atoms with Crippen LogP contribution in [0.5, 0.6) is 0 Å². The van der Waals surface area contributed by atoms with E-state index in [1.54, 1.807) is 12.1 Å². The van der Waals surface area contributed by atoms with Crippen molar-refractivity contribution in [2.75, 3.05) is 9.80 Å². The SMILES string of the molecule is Fc1cc(N(c2ccccc2)c2ccc3c4cccc5cccc(c6cccc2c63)c54)ccc1-c1ccc(N(c2ccccc2)c2ccc3c4cccc5cccc(c6cccc2c63)c54)cc1F. The van der Waals surface area contributed by atoms with Crippen LogP contribution in [0.1, 0.15) is 0 Å². The number of hydrogen-bond acceptors (Lipinski definition) is 2. The minimum absolute atomic E-state index is 0.188. The average Bonchev–Trinajstić information content (AvgIpc) is 3.39. The summed E-state index contributed by atoms with van der Waals surface area (Å²) in [5.74, 6) is -1.03. The molecule has 14 aromatic rings. The molecule has 0 spiro atoms. The number of benzene rings is 14. The van der Waals surface area contributed by atoms with E-state index in [1.807, 2.05) is 72.8 Å². The Morgan fingerprint density at radius 2 is 0.559 bits per heavy atom. The third-order valence-corrected chi connectivity index (χ3v) is 14.2. The Bertz CT molecular complexity index is 3920. The molecule has 4 heteroatoms. The van der Waals surface area contributed by atoms with Crippen LogP contribution in [0.2, 0.25) is 0 Å². The molecule has 0 aromatic heterocycles. The number of para-hydroxylation sites is 2. The fourth-order valence-electron chi connectivity index (χ4n) is 11.4. The zero-order valence-electron chi connectivity index (χ0n) is 36.6. The monoisotopic (exact) mass is 872 g/mol. The van der Waals surface area contributed by atoms with Crippen molar-refractivity contribution in [2.45, 2.75) is 0 Å². The van der Waals surface area contributed by atoms with E-state index in [0.29, 0.717) is 11.4 Å². The normalized spacial score (nSPS) is 12.0. The maximum atomic E-state index is 17.0. The topological polar surface area (TPSA) is 6.48 Å². The van der Waals surface area contributed by atoms with Crippen LogP contribution >= 0.6 is 0 Å². The Balaban J connectivity index is 0.893. The molecule has 0 unspecified atom stereocenters. The van der Waals surface area contributed by atoms with Crippen molar-refractivity contribution in [3.63, 3.8) is 0 Å². The molecular formula is C64H38F2N2. The van der Waals surface area contributed by atoms with Gasteiger partial charge in [0.05, 0.1) is 11.4 Å². The third-order valence-electron chi connectivity index (χ3n) is 14.2. The van der Waals surface area contributed by atoms with Crippen LogP contribution in [0.4, 0.5) is 42.9 Å². The van der Waals surface area contributed by atoms with Gasteiger partial charge in [0.2, 0.25) is 0 Å². The molecule has 0 bridgehead atoms. The van der Waals surface area contributed by atoms with Crippen LogP contribution in [-0.4, -0.2) is 0 Å². The molecule has 0 fully saturated rings. The van der Waals surface area contributed by atoms with Gasteiger partial charge in [-0.15, -0.1) is 0 Å². The first-order valence-electron chi connectivity index (χ1n) is 23.1. The lowest BCUT2D eigenvalue weighted by molar-refractivity contribution is 0.616. The summed E-state index contributed by atoms with van der Waals surface area (Å²) < 4.78 is 33.9. The molecule has 0 saturated carbocycles. The summed E-state index contributed by atoms with van der Waals surface area (Å²) in [6, 6.07) is 78.0. The standard InChI is InChI=1S/C64H38F2N2/c65-57-37-43(67(41-17-3-1-4-18-41)59-35-33-53-49-23-9-15-39-13-7-21-47(61(39)49)51-25-11-27-55(59)63(51)53)29-31-45(57)46-32-30-44(38-58(46)66)68(42-19-5-2-6-20-42)60-36-34-54-50-24-10-16-40-14-8-22-48(62(40)50)52-26-12-28-56(60)64(52)54/h1-38H. The van der Waals surface area contributed by atoms with E-state index in [9.17, 15) is 0 Å². The zero-order chi connectivity index (χ0) is 45.0. The molecule has 0 aliphatic heterocycles. The van der Waals surface area contributed by atoms with E-state index in [1.165, 1.54) is 76.8 Å². The van der Waals surface area contributed by atoms with Gasteiger partial charge in [-0.3, -0.25) is 0 Å². The summed E-state index contributed by atoms with van der Waals surface area (Å²) in [7, 11) is 0. The van der Waals surface area contributed by atoms with Crippen molar-refractivity contribution in [1.82, 2.24) is 0 Å². The van der Waals surface area contributed by atoms with Crippen LogP contribution in [0, 0.1) is 11.6 Å². The van der Waals surface area contributed by atoms with Crippen LogP contribution in [-0.2, 0) is 0 Å². The molecule has 14 aromatic carbocycles. The Morgan fingerprint density at radius 3 is 0.926 bits per heavy atom. The van der Waals surface area contributed by atoms with Crippen molar-refractivity contribution in [2.24, 2.45) is 0 Å². The average molecular weight is 873 g/mol. The minimum Gasteiger partial charge on any atom is -0.310 e. The van der Waals surface area contributed by atoms with Crippen LogP contribution in [0.25, 0.3) is 97.3 Å². The fraction of sp³-hybridized carbons (Fsp3) is 0. The molecule has 0 aliphatic carbocycles.